The first kappa shape index (κ1) is 16.8. The molecule has 0 saturated carbocycles. The lowest BCUT2D eigenvalue weighted by atomic mass is 10.0. The van der Waals surface area contributed by atoms with Crippen molar-refractivity contribution in [1.82, 2.24) is 5.32 Å². The topological polar surface area (TPSA) is 39.7 Å². The van der Waals surface area contributed by atoms with Gasteiger partial charge in [-0.3, -0.25) is 0 Å². The molecule has 0 aliphatic heterocycles. The van der Waals surface area contributed by atoms with Gasteiger partial charge in [-0.1, -0.05) is 6.07 Å². The summed E-state index contributed by atoms with van der Waals surface area (Å²) in [5.41, 5.74) is 0.934. The molecule has 0 aliphatic rings. The summed E-state index contributed by atoms with van der Waals surface area (Å²) in [6.07, 6.45) is 0. The van der Waals surface area contributed by atoms with Crippen LogP contribution in [-0.2, 0) is 4.74 Å². The van der Waals surface area contributed by atoms with E-state index in [1.807, 2.05) is 25.1 Å². The molecular formula is C16H27NO3. The quantitative estimate of drug-likeness (QED) is 0.794. The number of nitrogens with one attached hydrogen (secondary N) is 1. The molecule has 0 radical (unpaired) electrons. The van der Waals surface area contributed by atoms with Crippen LogP contribution in [0.4, 0.5) is 0 Å². The number of benzene rings is 1. The molecule has 0 heterocycles. The molecule has 4 heteroatoms. The van der Waals surface area contributed by atoms with Crippen molar-refractivity contribution < 1.29 is 14.2 Å². The lowest BCUT2D eigenvalue weighted by Crippen LogP contribution is -2.38. The van der Waals surface area contributed by atoms with E-state index < -0.39 is 0 Å². The zero-order valence-electron chi connectivity index (χ0n) is 13.4. The minimum Gasteiger partial charge on any atom is -0.497 e. The predicted molar refractivity (Wildman–Crippen MR) is 81.7 cm³/mol. The molecule has 0 saturated heterocycles. The highest BCUT2D eigenvalue weighted by Crippen LogP contribution is 2.29. The standard InChI is InChI=1S/C16H27NO3/c1-7-20-16(3,4)11-17-12(2)14-9-8-13(18-5)10-15(14)19-6/h8-10,12,17H,7,11H2,1-6H3. The summed E-state index contributed by atoms with van der Waals surface area (Å²) in [6, 6.07) is 6.06. The molecule has 0 aliphatic carbocycles. The number of methoxy groups -OCH3 is 2. The van der Waals surface area contributed by atoms with Crippen molar-refractivity contribution in [1.29, 1.82) is 0 Å². The van der Waals surface area contributed by atoms with Gasteiger partial charge in [-0.2, -0.15) is 0 Å². The van der Waals surface area contributed by atoms with E-state index in [-0.39, 0.29) is 11.6 Å². The van der Waals surface area contributed by atoms with Crippen molar-refractivity contribution in [2.45, 2.75) is 39.3 Å². The maximum Gasteiger partial charge on any atom is 0.127 e. The molecule has 1 aromatic carbocycles. The first-order valence-corrected chi connectivity index (χ1v) is 7.02. The Morgan fingerprint density at radius 1 is 1.20 bits per heavy atom. The van der Waals surface area contributed by atoms with Crippen molar-refractivity contribution in [3.05, 3.63) is 23.8 Å². The highest BCUT2D eigenvalue weighted by atomic mass is 16.5. The van der Waals surface area contributed by atoms with Crippen LogP contribution in [0.2, 0.25) is 0 Å². The van der Waals surface area contributed by atoms with Crippen LogP contribution in [-0.4, -0.2) is 33.0 Å². The van der Waals surface area contributed by atoms with Gasteiger partial charge in [0, 0.05) is 30.8 Å². The van der Waals surface area contributed by atoms with Crippen molar-refractivity contribution in [3.8, 4) is 11.5 Å². The summed E-state index contributed by atoms with van der Waals surface area (Å²) >= 11 is 0. The highest BCUT2D eigenvalue weighted by Gasteiger charge is 2.20. The Morgan fingerprint density at radius 3 is 2.45 bits per heavy atom. The SMILES string of the molecule is CCOC(C)(C)CNC(C)c1ccc(OC)cc1OC. The summed E-state index contributed by atoms with van der Waals surface area (Å²) in [5.74, 6) is 1.63. The van der Waals surface area contributed by atoms with Gasteiger partial charge in [0.2, 0.25) is 0 Å². The Bertz CT molecular complexity index is 418. The van der Waals surface area contributed by atoms with Crippen LogP contribution in [0.25, 0.3) is 0 Å². The van der Waals surface area contributed by atoms with Crippen molar-refractivity contribution in [2.24, 2.45) is 0 Å². The number of ether oxygens (including phenoxy) is 3. The van der Waals surface area contributed by atoms with Crippen LogP contribution in [0.5, 0.6) is 11.5 Å². The second kappa shape index (κ2) is 7.50. The second-order valence-corrected chi connectivity index (χ2v) is 5.40. The lowest BCUT2D eigenvalue weighted by molar-refractivity contribution is -0.0103. The lowest BCUT2D eigenvalue weighted by Gasteiger charge is -2.27. The molecule has 0 amide bonds. The Labute approximate surface area is 122 Å². The van der Waals surface area contributed by atoms with E-state index in [1.54, 1.807) is 14.2 Å². The van der Waals surface area contributed by atoms with Gasteiger partial charge < -0.3 is 19.5 Å². The molecule has 1 N–H and O–H groups in total. The van der Waals surface area contributed by atoms with Gasteiger partial charge in [-0.15, -0.1) is 0 Å². The van der Waals surface area contributed by atoms with E-state index >= 15 is 0 Å². The van der Waals surface area contributed by atoms with Crippen LogP contribution < -0.4 is 14.8 Å². The van der Waals surface area contributed by atoms with Crippen LogP contribution in [0.3, 0.4) is 0 Å². The zero-order chi connectivity index (χ0) is 15.2. The van der Waals surface area contributed by atoms with E-state index in [0.29, 0.717) is 0 Å². The number of hydrogen-bond acceptors (Lipinski definition) is 4. The van der Waals surface area contributed by atoms with Gasteiger partial charge in [0.25, 0.3) is 0 Å². The fourth-order valence-electron chi connectivity index (χ4n) is 2.13. The van der Waals surface area contributed by atoms with E-state index in [9.17, 15) is 0 Å². The molecule has 0 spiro atoms. The Balaban J connectivity index is 2.74. The van der Waals surface area contributed by atoms with Crippen LogP contribution in [0, 0.1) is 0 Å². The van der Waals surface area contributed by atoms with E-state index in [2.05, 4.69) is 26.1 Å². The molecular weight excluding hydrogens is 254 g/mol. The van der Waals surface area contributed by atoms with Gasteiger partial charge in [0.05, 0.1) is 19.8 Å². The fraction of sp³-hybridized carbons (Fsp3) is 0.625. The molecule has 1 aromatic rings. The largest absolute Gasteiger partial charge is 0.497 e. The Kier molecular flexibility index (Phi) is 6.30. The molecule has 20 heavy (non-hydrogen) atoms. The Morgan fingerprint density at radius 2 is 1.90 bits per heavy atom. The van der Waals surface area contributed by atoms with Gasteiger partial charge in [-0.05, 0) is 33.8 Å². The maximum absolute atomic E-state index is 5.69. The molecule has 4 nitrogen and oxygen atoms in total. The average Bonchev–Trinajstić information content (AvgIpc) is 2.44. The van der Waals surface area contributed by atoms with Crippen molar-refractivity contribution in [2.75, 3.05) is 27.4 Å². The summed E-state index contributed by atoms with van der Waals surface area (Å²) in [7, 11) is 3.33. The third-order valence-electron chi connectivity index (χ3n) is 3.28. The minimum absolute atomic E-state index is 0.176. The number of rotatable bonds is 8. The van der Waals surface area contributed by atoms with Crippen LogP contribution in [0.15, 0.2) is 18.2 Å². The number of hydrogen-bond donors (Lipinski definition) is 1. The molecule has 0 bridgehead atoms. The first-order valence-electron chi connectivity index (χ1n) is 7.02. The Hall–Kier alpha value is -1.26. The van der Waals surface area contributed by atoms with Crippen LogP contribution in [0.1, 0.15) is 39.3 Å². The minimum atomic E-state index is -0.178. The molecule has 1 rings (SSSR count). The van der Waals surface area contributed by atoms with Gasteiger partial charge in [-0.25, -0.2) is 0 Å². The summed E-state index contributed by atoms with van der Waals surface area (Å²) in [5, 5.41) is 3.49. The molecule has 1 unspecified atom stereocenters. The molecule has 1 atom stereocenters. The predicted octanol–water partition coefficient (Wildman–Crippen LogP) is 3.17. The monoisotopic (exact) mass is 281 g/mol. The fourth-order valence-corrected chi connectivity index (χ4v) is 2.13. The third kappa shape index (κ3) is 4.69. The average molecular weight is 281 g/mol. The van der Waals surface area contributed by atoms with Crippen molar-refractivity contribution >= 4 is 0 Å². The summed E-state index contributed by atoms with van der Waals surface area (Å²) in [6.45, 7) is 9.79. The van der Waals surface area contributed by atoms with Gasteiger partial charge >= 0.3 is 0 Å². The highest BCUT2D eigenvalue weighted by molar-refractivity contribution is 5.42. The summed E-state index contributed by atoms with van der Waals surface area (Å²) < 4.78 is 16.3. The summed E-state index contributed by atoms with van der Waals surface area (Å²) in [4.78, 5) is 0. The van der Waals surface area contributed by atoms with Gasteiger partial charge in [0.15, 0.2) is 0 Å². The molecule has 0 fully saturated rings. The van der Waals surface area contributed by atoms with Gasteiger partial charge in [0.1, 0.15) is 11.5 Å². The maximum atomic E-state index is 5.69. The van der Waals surface area contributed by atoms with E-state index in [1.165, 1.54) is 0 Å². The third-order valence-corrected chi connectivity index (χ3v) is 3.28. The smallest absolute Gasteiger partial charge is 0.127 e. The molecule has 0 aromatic heterocycles. The van der Waals surface area contributed by atoms with E-state index in [0.717, 1.165) is 30.2 Å². The molecule has 114 valence electrons. The van der Waals surface area contributed by atoms with E-state index in [4.69, 9.17) is 14.2 Å². The first-order chi connectivity index (χ1) is 9.43. The van der Waals surface area contributed by atoms with Crippen molar-refractivity contribution in [3.63, 3.8) is 0 Å². The second-order valence-electron chi connectivity index (χ2n) is 5.40. The van der Waals surface area contributed by atoms with Crippen LogP contribution >= 0.6 is 0 Å². The normalized spacial score (nSPS) is 13.1. The zero-order valence-corrected chi connectivity index (χ0v) is 13.4.